The zero-order valence-corrected chi connectivity index (χ0v) is 11.9. The highest BCUT2D eigenvalue weighted by atomic mass is 32.2. The van der Waals surface area contributed by atoms with Crippen molar-refractivity contribution in [2.75, 3.05) is 12.0 Å². The third-order valence-electron chi connectivity index (χ3n) is 2.70. The van der Waals surface area contributed by atoms with Gasteiger partial charge in [-0.2, -0.15) is 0 Å². The molecule has 1 unspecified atom stereocenters. The standard InChI is InChI=1S/C12H19N3O3S/c1-9(10-3-6-14-7-4-10)15-12(16)11(13)5-8-19(2,17)18/h3-4,6-7,9,11H,5,8,13H2,1-2H3,(H,15,16)/t9-,11?/m0/s1. The second-order valence-electron chi connectivity index (χ2n) is 4.54. The summed E-state index contributed by atoms with van der Waals surface area (Å²) >= 11 is 0. The van der Waals surface area contributed by atoms with Crippen LogP contribution in [0.15, 0.2) is 24.5 Å². The Labute approximate surface area is 113 Å². The molecule has 0 aliphatic rings. The van der Waals surface area contributed by atoms with E-state index in [9.17, 15) is 13.2 Å². The van der Waals surface area contributed by atoms with Crippen molar-refractivity contribution in [2.45, 2.75) is 25.4 Å². The van der Waals surface area contributed by atoms with Gasteiger partial charge in [0, 0.05) is 18.6 Å². The molecule has 6 nitrogen and oxygen atoms in total. The van der Waals surface area contributed by atoms with Crippen LogP contribution in [0.2, 0.25) is 0 Å². The van der Waals surface area contributed by atoms with Crippen LogP contribution >= 0.6 is 0 Å². The van der Waals surface area contributed by atoms with Crippen LogP contribution in [-0.2, 0) is 14.6 Å². The molecule has 0 spiro atoms. The Kier molecular flexibility index (Phi) is 5.44. The predicted molar refractivity (Wildman–Crippen MR) is 73.1 cm³/mol. The van der Waals surface area contributed by atoms with E-state index in [2.05, 4.69) is 10.3 Å². The average molecular weight is 285 g/mol. The highest BCUT2D eigenvalue weighted by Crippen LogP contribution is 2.10. The minimum Gasteiger partial charge on any atom is -0.348 e. The van der Waals surface area contributed by atoms with Crippen molar-refractivity contribution in [3.05, 3.63) is 30.1 Å². The Morgan fingerprint density at radius 3 is 2.53 bits per heavy atom. The topological polar surface area (TPSA) is 102 Å². The molecule has 0 saturated carbocycles. The van der Waals surface area contributed by atoms with E-state index < -0.39 is 15.9 Å². The number of nitrogens with zero attached hydrogens (tertiary/aromatic N) is 1. The molecule has 0 radical (unpaired) electrons. The molecule has 19 heavy (non-hydrogen) atoms. The van der Waals surface area contributed by atoms with E-state index in [4.69, 9.17) is 5.73 Å². The summed E-state index contributed by atoms with van der Waals surface area (Å²) < 4.78 is 22.0. The Balaban J connectivity index is 2.50. The third-order valence-corrected chi connectivity index (χ3v) is 3.68. The van der Waals surface area contributed by atoms with E-state index in [1.165, 1.54) is 0 Å². The molecule has 1 aromatic heterocycles. The number of hydrogen-bond donors (Lipinski definition) is 2. The molecular formula is C12H19N3O3S. The van der Waals surface area contributed by atoms with Gasteiger partial charge in [-0.25, -0.2) is 8.42 Å². The summed E-state index contributed by atoms with van der Waals surface area (Å²) in [4.78, 5) is 15.7. The smallest absolute Gasteiger partial charge is 0.237 e. The molecule has 1 amide bonds. The normalized spacial score (nSPS) is 14.7. The minimum atomic E-state index is -3.10. The highest BCUT2D eigenvalue weighted by molar-refractivity contribution is 7.90. The molecule has 1 aromatic rings. The van der Waals surface area contributed by atoms with Crippen molar-refractivity contribution >= 4 is 15.7 Å². The second-order valence-corrected chi connectivity index (χ2v) is 6.80. The molecule has 2 atom stereocenters. The van der Waals surface area contributed by atoms with E-state index in [0.29, 0.717) is 0 Å². The fourth-order valence-corrected chi connectivity index (χ4v) is 2.21. The van der Waals surface area contributed by atoms with Gasteiger partial charge >= 0.3 is 0 Å². The van der Waals surface area contributed by atoms with E-state index in [1.807, 2.05) is 6.92 Å². The minimum absolute atomic E-state index is 0.0920. The number of pyridine rings is 1. The van der Waals surface area contributed by atoms with Crippen LogP contribution in [0.1, 0.15) is 24.9 Å². The first kappa shape index (κ1) is 15.6. The van der Waals surface area contributed by atoms with Crippen molar-refractivity contribution < 1.29 is 13.2 Å². The number of nitrogens with one attached hydrogen (secondary N) is 1. The van der Waals surface area contributed by atoms with Gasteiger partial charge in [0.25, 0.3) is 0 Å². The Bertz CT molecular complexity index is 516. The van der Waals surface area contributed by atoms with Gasteiger partial charge in [0.05, 0.1) is 17.8 Å². The van der Waals surface area contributed by atoms with Gasteiger partial charge in [-0.3, -0.25) is 9.78 Å². The van der Waals surface area contributed by atoms with Gasteiger partial charge in [-0.1, -0.05) is 0 Å². The lowest BCUT2D eigenvalue weighted by Gasteiger charge is -2.17. The molecule has 106 valence electrons. The van der Waals surface area contributed by atoms with E-state index in [1.54, 1.807) is 24.5 Å². The molecule has 0 bridgehead atoms. The molecule has 0 aliphatic heterocycles. The lowest BCUT2D eigenvalue weighted by atomic mass is 10.1. The number of hydrogen-bond acceptors (Lipinski definition) is 5. The van der Waals surface area contributed by atoms with Gasteiger partial charge in [0.15, 0.2) is 0 Å². The first-order valence-corrected chi connectivity index (χ1v) is 7.99. The van der Waals surface area contributed by atoms with Crippen molar-refractivity contribution in [1.82, 2.24) is 10.3 Å². The number of carbonyl (C=O) groups excluding carboxylic acids is 1. The highest BCUT2D eigenvalue weighted by Gasteiger charge is 2.18. The van der Waals surface area contributed by atoms with Gasteiger partial charge in [-0.15, -0.1) is 0 Å². The molecule has 7 heteroatoms. The van der Waals surface area contributed by atoms with E-state index >= 15 is 0 Å². The summed E-state index contributed by atoms with van der Waals surface area (Å²) in [6.45, 7) is 1.83. The van der Waals surface area contributed by atoms with Crippen molar-refractivity contribution in [2.24, 2.45) is 5.73 Å². The molecule has 1 heterocycles. The zero-order chi connectivity index (χ0) is 14.5. The van der Waals surface area contributed by atoms with Gasteiger partial charge in [0.2, 0.25) is 5.91 Å². The summed E-state index contributed by atoms with van der Waals surface area (Å²) in [5.74, 6) is -0.446. The number of nitrogens with two attached hydrogens (primary N) is 1. The Morgan fingerprint density at radius 2 is 2.00 bits per heavy atom. The SMILES string of the molecule is C[C@H](NC(=O)C(N)CCS(C)(=O)=O)c1ccncc1. The fourth-order valence-electron chi connectivity index (χ4n) is 1.53. The third kappa shape index (κ3) is 5.80. The maximum Gasteiger partial charge on any atom is 0.237 e. The Hall–Kier alpha value is -1.47. The van der Waals surface area contributed by atoms with Crippen molar-refractivity contribution in [1.29, 1.82) is 0 Å². The summed E-state index contributed by atoms with van der Waals surface area (Å²) in [6, 6.07) is 2.58. The lowest BCUT2D eigenvalue weighted by molar-refractivity contribution is -0.123. The summed E-state index contributed by atoms with van der Waals surface area (Å²) in [5.41, 5.74) is 6.58. The van der Waals surface area contributed by atoms with Crippen LogP contribution in [0, 0.1) is 0 Å². The van der Waals surface area contributed by atoms with Gasteiger partial charge in [0.1, 0.15) is 9.84 Å². The molecular weight excluding hydrogens is 266 g/mol. The number of sulfone groups is 1. The quantitative estimate of drug-likeness (QED) is 0.767. The van der Waals surface area contributed by atoms with Gasteiger partial charge < -0.3 is 11.1 Å². The lowest BCUT2D eigenvalue weighted by Crippen LogP contribution is -2.42. The zero-order valence-electron chi connectivity index (χ0n) is 11.0. The maximum absolute atomic E-state index is 11.8. The first-order valence-electron chi connectivity index (χ1n) is 5.93. The molecule has 0 aromatic carbocycles. The fraction of sp³-hybridized carbons (Fsp3) is 0.500. The van der Waals surface area contributed by atoms with Crippen molar-refractivity contribution in [3.8, 4) is 0 Å². The first-order chi connectivity index (χ1) is 8.79. The Morgan fingerprint density at radius 1 is 1.42 bits per heavy atom. The second kappa shape index (κ2) is 6.63. The number of carbonyl (C=O) groups is 1. The number of rotatable bonds is 6. The average Bonchev–Trinajstić information content (AvgIpc) is 2.36. The van der Waals surface area contributed by atoms with Crippen LogP contribution in [0.3, 0.4) is 0 Å². The summed E-state index contributed by atoms with van der Waals surface area (Å²) in [6.07, 6.45) is 4.52. The maximum atomic E-state index is 11.8. The summed E-state index contributed by atoms with van der Waals surface area (Å²) in [7, 11) is -3.10. The molecule has 0 aliphatic carbocycles. The van der Waals surface area contributed by atoms with Crippen molar-refractivity contribution in [3.63, 3.8) is 0 Å². The van der Waals surface area contributed by atoms with E-state index in [-0.39, 0.29) is 24.1 Å². The molecule has 1 rings (SSSR count). The predicted octanol–water partition coefficient (Wildman–Crippen LogP) is 0.0208. The van der Waals surface area contributed by atoms with Gasteiger partial charge in [-0.05, 0) is 31.0 Å². The van der Waals surface area contributed by atoms with Crippen LogP contribution in [0.4, 0.5) is 0 Å². The molecule has 3 N–H and O–H groups in total. The van der Waals surface area contributed by atoms with E-state index in [0.717, 1.165) is 11.8 Å². The number of aromatic nitrogens is 1. The largest absolute Gasteiger partial charge is 0.348 e. The van der Waals surface area contributed by atoms with Crippen LogP contribution in [0.25, 0.3) is 0 Å². The summed E-state index contributed by atoms with van der Waals surface area (Å²) in [5, 5.41) is 2.75. The monoisotopic (exact) mass is 285 g/mol. The molecule has 0 fully saturated rings. The molecule has 0 saturated heterocycles. The number of amides is 1. The van der Waals surface area contributed by atoms with Crippen LogP contribution < -0.4 is 11.1 Å². The van der Waals surface area contributed by atoms with Crippen LogP contribution in [0.5, 0.6) is 0 Å². The van der Waals surface area contributed by atoms with Crippen LogP contribution in [-0.4, -0.2) is 37.4 Å².